The highest BCUT2D eigenvalue weighted by atomic mass is 32.2. The molecule has 6 nitrogen and oxygen atoms in total. The Kier molecular flexibility index (Phi) is 5.05. The molecule has 0 saturated heterocycles. The summed E-state index contributed by atoms with van der Waals surface area (Å²) in [6.45, 7) is 0. The van der Waals surface area contributed by atoms with E-state index in [1.807, 2.05) is 30.3 Å². The lowest BCUT2D eigenvalue weighted by Gasteiger charge is -2.09. The summed E-state index contributed by atoms with van der Waals surface area (Å²) in [5, 5.41) is 9.50. The van der Waals surface area contributed by atoms with Crippen LogP contribution in [0, 0.1) is 0 Å². The number of hydrogen-bond donors (Lipinski definition) is 4. The third kappa shape index (κ3) is 4.43. The van der Waals surface area contributed by atoms with E-state index in [9.17, 15) is 14.7 Å². The van der Waals surface area contributed by atoms with Gasteiger partial charge in [0.1, 0.15) is 5.75 Å². The summed E-state index contributed by atoms with van der Waals surface area (Å²) in [6.07, 6.45) is 0. The van der Waals surface area contributed by atoms with Crippen LogP contribution >= 0.6 is 11.9 Å². The lowest BCUT2D eigenvalue weighted by atomic mass is 10.2. The normalized spacial score (nSPS) is 9.71. The van der Waals surface area contributed by atoms with Crippen LogP contribution in [0.1, 0.15) is 10.4 Å². The van der Waals surface area contributed by atoms with Crippen LogP contribution in [-0.2, 0) is 0 Å². The van der Waals surface area contributed by atoms with Gasteiger partial charge in [-0.2, -0.15) is 0 Å². The van der Waals surface area contributed by atoms with Crippen molar-refractivity contribution in [2.75, 3.05) is 0 Å². The number of amides is 3. The van der Waals surface area contributed by atoms with E-state index >= 15 is 0 Å². The van der Waals surface area contributed by atoms with Gasteiger partial charge in [0.2, 0.25) is 0 Å². The highest BCUT2D eigenvalue weighted by Gasteiger charge is 2.10. The number of carbonyl (C=O) groups is 2. The fraction of sp³-hybridized carbons (Fsp3) is 0. The Morgan fingerprint density at radius 3 is 2.29 bits per heavy atom. The van der Waals surface area contributed by atoms with E-state index in [0.29, 0.717) is 0 Å². The number of phenolic OH excluding ortho intramolecular Hbond substituents is 1. The number of carbonyl (C=O) groups excluding carboxylic acids is 2. The van der Waals surface area contributed by atoms with Crippen LogP contribution in [0.15, 0.2) is 59.5 Å². The minimum atomic E-state index is -0.604. The van der Waals surface area contributed by atoms with Gasteiger partial charge < -0.3 is 5.11 Å². The van der Waals surface area contributed by atoms with E-state index in [0.717, 1.165) is 16.8 Å². The second-order valence-corrected chi connectivity index (χ2v) is 4.82. The maximum absolute atomic E-state index is 11.7. The molecule has 0 aromatic heterocycles. The van der Waals surface area contributed by atoms with Crippen molar-refractivity contribution in [1.29, 1.82) is 0 Å². The van der Waals surface area contributed by atoms with Gasteiger partial charge in [-0.25, -0.2) is 10.2 Å². The number of aromatic hydroxyl groups is 1. The van der Waals surface area contributed by atoms with Gasteiger partial charge in [-0.1, -0.05) is 30.3 Å². The van der Waals surface area contributed by atoms with Gasteiger partial charge in [0.25, 0.3) is 5.91 Å². The van der Waals surface area contributed by atoms with Crippen molar-refractivity contribution >= 4 is 23.9 Å². The van der Waals surface area contributed by atoms with E-state index in [-0.39, 0.29) is 11.3 Å². The Morgan fingerprint density at radius 1 is 0.905 bits per heavy atom. The molecule has 2 aromatic rings. The summed E-state index contributed by atoms with van der Waals surface area (Å²) in [4.78, 5) is 24.1. The SMILES string of the molecule is O=C(NNC(=O)c1ccccc1O)NSc1ccccc1. The zero-order valence-electron chi connectivity index (χ0n) is 10.9. The Labute approximate surface area is 125 Å². The molecule has 0 aliphatic rings. The van der Waals surface area contributed by atoms with Crippen LogP contribution in [0.4, 0.5) is 4.79 Å². The summed E-state index contributed by atoms with van der Waals surface area (Å²) in [5.41, 5.74) is 4.48. The second-order valence-electron chi connectivity index (χ2n) is 3.94. The number of phenols is 1. The molecule has 108 valence electrons. The Bertz CT molecular complexity index is 634. The standard InChI is InChI=1S/C14H13N3O3S/c18-12-9-5-4-8-11(12)13(19)15-16-14(20)17-21-10-6-2-1-3-7-10/h1-9,18H,(H,15,19)(H2,16,17,20). The predicted molar refractivity (Wildman–Crippen MR) is 79.5 cm³/mol. The molecule has 0 aliphatic heterocycles. The second kappa shape index (κ2) is 7.20. The molecule has 7 heteroatoms. The summed E-state index contributed by atoms with van der Waals surface area (Å²) < 4.78 is 2.51. The molecule has 3 amide bonds. The maximum Gasteiger partial charge on any atom is 0.343 e. The van der Waals surface area contributed by atoms with Crippen LogP contribution < -0.4 is 15.6 Å². The first kappa shape index (κ1) is 14.7. The monoisotopic (exact) mass is 303 g/mol. The van der Waals surface area contributed by atoms with E-state index < -0.39 is 11.9 Å². The summed E-state index contributed by atoms with van der Waals surface area (Å²) in [7, 11) is 0. The minimum Gasteiger partial charge on any atom is -0.507 e. The van der Waals surface area contributed by atoms with E-state index in [1.165, 1.54) is 12.1 Å². The first-order valence-corrected chi connectivity index (χ1v) is 6.84. The summed E-state index contributed by atoms with van der Waals surface area (Å²) in [6, 6.07) is 14.7. The van der Waals surface area contributed by atoms with Crippen molar-refractivity contribution in [3.8, 4) is 5.75 Å². The number of rotatable bonds is 3. The largest absolute Gasteiger partial charge is 0.507 e. The molecule has 0 fully saturated rings. The van der Waals surface area contributed by atoms with Crippen LogP contribution in [0.2, 0.25) is 0 Å². The number of hydrazine groups is 1. The molecule has 0 atom stereocenters. The van der Waals surface area contributed by atoms with Crippen molar-refractivity contribution in [3.63, 3.8) is 0 Å². The topological polar surface area (TPSA) is 90.5 Å². The fourth-order valence-corrected chi connectivity index (χ4v) is 2.02. The third-order valence-corrected chi connectivity index (χ3v) is 3.24. The third-order valence-electron chi connectivity index (χ3n) is 2.44. The average Bonchev–Trinajstić information content (AvgIpc) is 2.52. The van der Waals surface area contributed by atoms with Crippen LogP contribution in [0.3, 0.4) is 0 Å². The van der Waals surface area contributed by atoms with Crippen molar-refractivity contribution in [3.05, 3.63) is 60.2 Å². The number of benzene rings is 2. The zero-order valence-corrected chi connectivity index (χ0v) is 11.7. The Balaban J connectivity index is 1.79. The number of hydrogen-bond acceptors (Lipinski definition) is 4. The highest BCUT2D eigenvalue weighted by molar-refractivity contribution is 7.98. The molecule has 4 N–H and O–H groups in total. The first-order valence-electron chi connectivity index (χ1n) is 6.03. The molecule has 2 rings (SSSR count). The molecule has 0 bridgehead atoms. The molecule has 21 heavy (non-hydrogen) atoms. The van der Waals surface area contributed by atoms with Gasteiger partial charge in [-0.3, -0.25) is 14.9 Å². The fourth-order valence-electron chi connectivity index (χ4n) is 1.47. The molecule has 2 aromatic carbocycles. The van der Waals surface area contributed by atoms with Crippen molar-refractivity contribution in [2.24, 2.45) is 0 Å². The van der Waals surface area contributed by atoms with Gasteiger partial charge in [0.05, 0.1) is 5.56 Å². The molecule has 0 saturated carbocycles. The van der Waals surface area contributed by atoms with Crippen LogP contribution in [-0.4, -0.2) is 17.0 Å². The van der Waals surface area contributed by atoms with Gasteiger partial charge in [0.15, 0.2) is 0 Å². The number of nitrogens with one attached hydrogen (secondary N) is 3. The van der Waals surface area contributed by atoms with Crippen molar-refractivity contribution in [2.45, 2.75) is 4.90 Å². The Hall–Kier alpha value is -2.67. The predicted octanol–water partition coefficient (Wildman–Crippen LogP) is 2.04. The molecule has 0 aliphatic carbocycles. The van der Waals surface area contributed by atoms with Gasteiger partial charge in [-0.15, -0.1) is 0 Å². The van der Waals surface area contributed by atoms with Crippen molar-refractivity contribution < 1.29 is 14.7 Å². The number of para-hydroxylation sites is 1. The Morgan fingerprint density at radius 2 is 1.57 bits per heavy atom. The smallest absolute Gasteiger partial charge is 0.343 e. The van der Waals surface area contributed by atoms with Crippen LogP contribution in [0.5, 0.6) is 5.75 Å². The lowest BCUT2D eigenvalue weighted by molar-refractivity contribution is 0.0934. The van der Waals surface area contributed by atoms with E-state index in [4.69, 9.17) is 0 Å². The van der Waals surface area contributed by atoms with Gasteiger partial charge in [-0.05, 0) is 36.2 Å². The van der Waals surface area contributed by atoms with E-state index in [1.54, 1.807) is 12.1 Å². The lowest BCUT2D eigenvalue weighted by Crippen LogP contribution is -2.45. The number of urea groups is 1. The average molecular weight is 303 g/mol. The first-order chi connectivity index (χ1) is 10.2. The molecular weight excluding hydrogens is 290 g/mol. The van der Waals surface area contributed by atoms with Gasteiger partial charge in [0, 0.05) is 4.90 Å². The maximum atomic E-state index is 11.7. The van der Waals surface area contributed by atoms with E-state index in [2.05, 4.69) is 15.6 Å². The summed E-state index contributed by atoms with van der Waals surface area (Å²) >= 11 is 1.12. The van der Waals surface area contributed by atoms with Gasteiger partial charge >= 0.3 is 6.03 Å². The summed E-state index contributed by atoms with van der Waals surface area (Å²) in [5.74, 6) is -0.760. The minimum absolute atomic E-state index is 0.0773. The zero-order chi connectivity index (χ0) is 15.1. The molecule has 0 spiro atoms. The van der Waals surface area contributed by atoms with Crippen molar-refractivity contribution in [1.82, 2.24) is 15.6 Å². The quantitative estimate of drug-likeness (QED) is 0.516. The molecular formula is C14H13N3O3S. The highest BCUT2D eigenvalue weighted by Crippen LogP contribution is 2.15. The van der Waals surface area contributed by atoms with Crippen LogP contribution in [0.25, 0.3) is 0 Å². The molecule has 0 radical (unpaired) electrons. The molecule has 0 heterocycles. The molecule has 0 unspecified atom stereocenters.